The van der Waals surface area contributed by atoms with E-state index in [1.807, 2.05) is 30.3 Å². The molecule has 0 spiro atoms. The van der Waals surface area contributed by atoms with Crippen LogP contribution in [-0.2, 0) is 9.53 Å². The molecule has 0 aliphatic rings. The summed E-state index contributed by atoms with van der Waals surface area (Å²) < 4.78 is 5.22. The Morgan fingerprint density at radius 1 is 1.29 bits per heavy atom. The molecular formula is C13H17NO3. The normalized spacial score (nSPS) is 11.7. The first-order valence-electron chi connectivity index (χ1n) is 5.41. The standard InChI is InChI=1S/C13H17NO3/c1-4-17-12(13(15)16)11(14(2)3)10-8-6-5-7-9-10/h5-9H,4H2,1-3H3,(H,15,16). The molecule has 92 valence electrons. The molecule has 1 N–H and O–H groups in total. The van der Waals surface area contributed by atoms with Crippen molar-refractivity contribution in [3.63, 3.8) is 0 Å². The second kappa shape index (κ2) is 5.94. The van der Waals surface area contributed by atoms with Gasteiger partial charge in [-0.1, -0.05) is 30.3 Å². The van der Waals surface area contributed by atoms with Crippen molar-refractivity contribution in [1.29, 1.82) is 0 Å². The van der Waals surface area contributed by atoms with Crippen molar-refractivity contribution in [1.82, 2.24) is 4.90 Å². The summed E-state index contributed by atoms with van der Waals surface area (Å²) in [6.45, 7) is 2.09. The number of carbonyl (C=O) groups is 1. The first-order chi connectivity index (χ1) is 8.07. The number of hydrogen-bond acceptors (Lipinski definition) is 3. The molecule has 0 fully saturated rings. The van der Waals surface area contributed by atoms with Crippen molar-refractivity contribution < 1.29 is 14.6 Å². The number of nitrogens with zero attached hydrogens (tertiary/aromatic N) is 1. The molecule has 1 aromatic carbocycles. The molecule has 0 saturated heterocycles. The minimum Gasteiger partial charge on any atom is -0.485 e. The molecule has 4 heteroatoms. The Hall–Kier alpha value is -1.97. The molecule has 1 rings (SSSR count). The maximum Gasteiger partial charge on any atom is 0.373 e. The molecular weight excluding hydrogens is 218 g/mol. The van der Waals surface area contributed by atoms with Gasteiger partial charge >= 0.3 is 5.97 Å². The van der Waals surface area contributed by atoms with E-state index in [1.54, 1.807) is 25.9 Å². The summed E-state index contributed by atoms with van der Waals surface area (Å²) in [5.41, 5.74) is 1.39. The molecule has 0 amide bonds. The highest BCUT2D eigenvalue weighted by atomic mass is 16.5. The summed E-state index contributed by atoms with van der Waals surface area (Å²) in [5.74, 6) is -1.08. The van der Waals surface area contributed by atoms with Crippen LogP contribution in [0, 0.1) is 0 Å². The molecule has 0 aliphatic heterocycles. The van der Waals surface area contributed by atoms with E-state index in [9.17, 15) is 9.90 Å². The van der Waals surface area contributed by atoms with Crippen LogP contribution in [0.15, 0.2) is 36.1 Å². The molecule has 17 heavy (non-hydrogen) atoms. The molecule has 1 aromatic rings. The van der Waals surface area contributed by atoms with Crippen molar-refractivity contribution in [2.75, 3.05) is 20.7 Å². The molecule has 4 nitrogen and oxygen atoms in total. The van der Waals surface area contributed by atoms with E-state index in [0.29, 0.717) is 12.3 Å². The van der Waals surface area contributed by atoms with Crippen LogP contribution in [0.1, 0.15) is 12.5 Å². The molecule has 0 bridgehead atoms. The first-order valence-corrected chi connectivity index (χ1v) is 5.41. The topological polar surface area (TPSA) is 49.8 Å². The lowest BCUT2D eigenvalue weighted by atomic mass is 10.1. The van der Waals surface area contributed by atoms with Gasteiger partial charge in [-0.15, -0.1) is 0 Å². The van der Waals surface area contributed by atoms with Gasteiger partial charge in [0.05, 0.1) is 12.3 Å². The van der Waals surface area contributed by atoms with Gasteiger partial charge in [0, 0.05) is 19.7 Å². The maximum absolute atomic E-state index is 11.2. The minimum absolute atomic E-state index is 0.0244. The van der Waals surface area contributed by atoms with Gasteiger partial charge in [0.1, 0.15) is 0 Å². The number of carboxylic acids is 1. The van der Waals surface area contributed by atoms with Crippen molar-refractivity contribution in [3.8, 4) is 0 Å². The van der Waals surface area contributed by atoms with E-state index >= 15 is 0 Å². The van der Waals surface area contributed by atoms with Gasteiger partial charge in [-0.05, 0) is 6.92 Å². The zero-order valence-electron chi connectivity index (χ0n) is 10.3. The van der Waals surface area contributed by atoms with Crippen LogP contribution in [-0.4, -0.2) is 36.7 Å². The Morgan fingerprint density at radius 2 is 1.88 bits per heavy atom. The summed E-state index contributed by atoms with van der Waals surface area (Å²) in [6.07, 6.45) is 0. The fourth-order valence-electron chi connectivity index (χ4n) is 1.56. The lowest BCUT2D eigenvalue weighted by Crippen LogP contribution is -2.18. The number of rotatable bonds is 5. The average Bonchev–Trinajstić information content (AvgIpc) is 2.29. The van der Waals surface area contributed by atoms with E-state index in [1.165, 1.54) is 0 Å². The molecule has 0 aromatic heterocycles. The predicted molar refractivity (Wildman–Crippen MR) is 66.3 cm³/mol. The second-order valence-corrected chi connectivity index (χ2v) is 3.68. The van der Waals surface area contributed by atoms with Gasteiger partial charge in [0.25, 0.3) is 0 Å². The Morgan fingerprint density at radius 3 is 2.29 bits per heavy atom. The number of hydrogen-bond donors (Lipinski definition) is 1. The van der Waals surface area contributed by atoms with Crippen LogP contribution in [0.4, 0.5) is 0 Å². The van der Waals surface area contributed by atoms with Crippen LogP contribution >= 0.6 is 0 Å². The quantitative estimate of drug-likeness (QED) is 0.626. The maximum atomic E-state index is 11.2. The van der Waals surface area contributed by atoms with E-state index in [-0.39, 0.29) is 5.76 Å². The third-order valence-electron chi connectivity index (χ3n) is 2.19. The Balaban J connectivity index is 3.32. The summed E-state index contributed by atoms with van der Waals surface area (Å²) in [6, 6.07) is 9.33. The van der Waals surface area contributed by atoms with Crippen LogP contribution in [0.2, 0.25) is 0 Å². The number of carboxylic acid groups (broad SMARTS) is 1. The van der Waals surface area contributed by atoms with Gasteiger partial charge in [0.2, 0.25) is 5.76 Å². The van der Waals surface area contributed by atoms with E-state index in [0.717, 1.165) is 5.56 Å². The molecule has 0 saturated carbocycles. The van der Waals surface area contributed by atoms with E-state index in [4.69, 9.17) is 4.74 Å². The van der Waals surface area contributed by atoms with Crippen LogP contribution in [0.5, 0.6) is 0 Å². The van der Waals surface area contributed by atoms with Gasteiger partial charge < -0.3 is 14.7 Å². The summed E-state index contributed by atoms with van der Waals surface area (Å²) in [5, 5.41) is 9.18. The van der Waals surface area contributed by atoms with Gasteiger partial charge in [0.15, 0.2) is 0 Å². The van der Waals surface area contributed by atoms with Gasteiger partial charge in [-0.2, -0.15) is 0 Å². The SMILES string of the molecule is CCOC(C(=O)O)=C(c1ccccc1)N(C)C. The molecule has 0 aliphatic carbocycles. The monoisotopic (exact) mass is 235 g/mol. The highest BCUT2D eigenvalue weighted by molar-refractivity contribution is 5.93. The van der Waals surface area contributed by atoms with E-state index in [2.05, 4.69) is 0 Å². The third kappa shape index (κ3) is 3.24. The third-order valence-corrected chi connectivity index (χ3v) is 2.19. The summed E-state index contributed by atoms with van der Waals surface area (Å²) in [4.78, 5) is 12.9. The summed E-state index contributed by atoms with van der Waals surface area (Å²) in [7, 11) is 3.59. The second-order valence-electron chi connectivity index (χ2n) is 3.68. The molecule has 0 unspecified atom stereocenters. The van der Waals surface area contributed by atoms with Crippen molar-refractivity contribution >= 4 is 11.7 Å². The largest absolute Gasteiger partial charge is 0.485 e. The zero-order chi connectivity index (χ0) is 12.8. The Labute approximate surface area is 101 Å². The van der Waals surface area contributed by atoms with E-state index < -0.39 is 5.97 Å². The molecule has 0 heterocycles. The predicted octanol–water partition coefficient (Wildman–Crippen LogP) is 2.04. The Bertz CT molecular complexity index is 410. The fraction of sp³-hybridized carbons (Fsp3) is 0.308. The first kappa shape index (κ1) is 13.1. The number of aliphatic carboxylic acids is 1. The Kier molecular flexibility index (Phi) is 4.57. The van der Waals surface area contributed by atoms with Crippen molar-refractivity contribution in [2.45, 2.75) is 6.92 Å². The summed E-state index contributed by atoms with van der Waals surface area (Å²) >= 11 is 0. The molecule has 0 atom stereocenters. The highest BCUT2D eigenvalue weighted by Gasteiger charge is 2.19. The van der Waals surface area contributed by atoms with Gasteiger partial charge in [-0.3, -0.25) is 0 Å². The zero-order valence-corrected chi connectivity index (χ0v) is 10.3. The highest BCUT2D eigenvalue weighted by Crippen LogP contribution is 2.21. The number of benzene rings is 1. The average molecular weight is 235 g/mol. The lowest BCUT2D eigenvalue weighted by Gasteiger charge is -2.20. The van der Waals surface area contributed by atoms with Gasteiger partial charge in [-0.25, -0.2) is 4.79 Å². The van der Waals surface area contributed by atoms with Crippen LogP contribution in [0.3, 0.4) is 0 Å². The van der Waals surface area contributed by atoms with Crippen molar-refractivity contribution in [3.05, 3.63) is 41.7 Å². The van der Waals surface area contributed by atoms with Crippen LogP contribution in [0.25, 0.3) is 5.70 Å². The molecule has 0 radical (unpaired) electrons. The van der Waals surface area contributed by atoms with Crippen molar-refractivity contribution in [2.24, 2.45) is 0 Å². The minimum atomic E-state index is -1.06. The number of ether oxygens (including phenoxy) is 1. The smallest absolute Gasteiger partial charge is 0.373 e. The lowest BCUT2D eigenvalue weighted by molar-refractivity contribution is -0.136. The van der Waals surface area contributed by atoms with Crippen LogP contribution < -0.4 is 0 Å². The fourth-order valence-corrected chi connectivity index (χ4v) is 1.56.